The van der Waals surface area contributed by atoms with E-state index >= 15 is 0 Å². The highest BCUT2D eigenvalue weighted by Crippen LogP contribution is 2.22. The number of rotatable bonds is 5. The highest BCUT2D eigenvalue weighted by Gasteiger charge is 2.32. The molecule has 0 N–H and O–H groups in total. The zero-order valence-electron chi connectivity index (χ0n) is 13.4. The van der Waals surface area contributed by atoms with Gasteiger partial charge < -0.3 is 4.90 Å². The van der Waals surface area contributed by atoms with Crippen LogP contribution in [0.4, 0.5) is 0 Å². The van der Waals surface area contributed by atoms with Gasteiger partial charge in [-0.05, 0) is 41.1 Å². The Morgan fingerprint density at radius 1 is 1.40 bits per heavy atom. The maximum atomic E-state index is 12.3. The van der Waals surface area contributed by atoms with Gasteiger partial charge >= 0.3 is 0 Å². The quantitative estimate of drug-likeness (QED) is 0.690. The third kappa shape index (κ3) is 4.31. The molecule has 1 fully saturated rings. The van der Waals surface area contributed by atoms with Crippen LogP contribution in [0.1, 0.15) is 6.42 Å². The van der Waals surface area contributed by atoms with Crippen LogP contribution in [-0.4, -0.2) is 69.8 Å². The Bertz CT molecular complexity index is 869. The summed E-state index contributed by atoms with van der Waals surface area (Å²) >= 11 is 7.07. The third-order valence-electron chi connectivity index (χ3n) is 3.99. The molecule has 2 heterocycles. The van der Waals surface area contributed by atoms with Crippen LogP contribution in [-0.2, 0) is 14.6 Å². The molecule has 0 spiro atoms. The maximum Gasteiger partial charge on any atom is 0.233 e. The molecule has 1 unspecified atom stereocenters. The number of benzene rings is 1. The highest BCUT2D eigenvalue weighted by atomic mass is 35.5. The molecule has 1 atom stereocenters. The summed E-state index contributed by atoms with van der Waals surface area (Å²) in [6.45, 7) is 0. The van der Waals surface area contributed by atoms with Gasteiger partial charge in [-0.25, -0.2) is 8.42 Å². The van der Waals surface area contributed by atoms with Crippen molar-refractivity contribution < 1.29 is 13.2 Å². The molecule has 0 radical (unpaired) electrons. The van der Waals surface area contributed by atoms with Crippen molar-refractivity contribution in [2.75, 3.05) is 24.3 Å². The van der Waals surface area contributed by atoms with Gasteiger partial charge in [-0.2, -0.15) is 4.68 Å². The van der Waals surface area contributed by atoms with Crippen molar-refractivity contribution in [1.29, 1.82) is 0 Å². The smallest absolute Gasteiger partial charge is 0.233 e. The lowest BCUT2D eigenvalue weighted by Crippen LogP contribution is -2.38. The van der Waals surface area contributed by atoms with Crippen LogP contribution in [0.2, 0.25) is 5.02 Å². The predicted octanol–water partition coefficient (Wildman–Crippen LogP) is 1.05. The zero-order chi connectivity index (χ0) is 18.0. The summed E-state index contributed by atoms with van der Waals surface area (Å²) in [6, 6.07) is 6.75. The summed E-state index contributed by atoms with van der Waals surface area (Å²) in [6.07, 6.45) is 0.484. The Labute approximate surface area is 154 Å². The van der Waals surface area contributed by atoms with Crippen LogP contribution in [0.15, 0.2) is 29.4 Å². The van der Waals surface area contributed by atoms with Crippen LogP contribution < -0.4 is 0 Å². The minimum Gasteiger partial charge on any atom is -0.341 e. The van der Waals surface area contributed by atoms with E-state index in [-0.39, 0.29) is 29.2 Å². The van der Waals surface area contributed by atoms with Gasteiger partial charge in [-0.15, -0.1) is 5.10 Å². The van der Waals surface area contributed by atoms with E-state index in [1.807, 2.05) is 0 Å². The van der Waals surface area contributed by atoms with Gasteiger partial charge in [-0.3, -0.25) is 4.79 Å². The van der Waals surface area contributed by atoms with Crippen LogP contribution in [0.3, 0.4) is 0 Å². The Morgan fingerprint density at radius 3 is 2.76 bits per heavy atom. The molecular weight excluding hydrogens is 386 g/mol. The fourth-order valence-corrected chi connectivity index (χ4v) is 5.24. The Kier molecular flexibility index (Phi) is 5.30. The van der Waals surface area contributed by atoms with Gasteiger partial charge in [0, 0.05) is 18.1 Å². The molecule has 0 aliphatic carbocycles. The summed E-state index contributed by atoms with van der Waals surface area (Å²) in [7, 11) is -1.39. The normalized spacial score (nSPS) is 19.0. The number of nitrogens with zero attached hydrogens (tertiary/aromatic N) is 5. The molecule has 134 valence electrons. The average Bonchev–Trinajstić information content (AvgIpc) is 3.18. The molecule has 1 aliphatic heterocycles. The van der Waals surface area contributed by atoms with E-state index in [1.54, 1.807) is 31.3 Å². The number of aromatic nitrogens is 4. The number of thioether (sulfide) groups is 1. The summed E-state index contributed by atoms with van der Waals surface area (Å²) in [4.78, 5) is 13.9. The molecule has 8 nitrogen and oxygen atoms in total. The Morgan fingerprint density at radius 2 is 2.12 bits per heavy atom. The third-order valence-corrected chi connectivity index (χ3v) is 6.89. The van der Waals surface area contributed by atoms with Gasteiger partial charge in [-0.1, -0.05) is 23.4 Å². The zero-order valence-corrected chi connectivity index (χ0v) is 15.8. The number of amides is 1. The van der Waals surface area contributed by atoms with E-state index < -0.39 is 9.84 Å². The summed E-state index contributed by atoms with van der Waals surface area (Å²) in [5.41, 5.74) is 0.736. The lowest BCUT2D eigenvalue weighted by molar-refractivity contribution is -0.128. The molecule has 0 bridgehead atoms. The van der Waals surface area contributed by atoms with Crippen molar-refractivity contribution in [2.45, 2.75) is 17.6 Å². The lowest BCUT2D eigenvalue weighted by atomic mass is 10.2. The molecule has 1 aromatic heterocycles. The molecular formula is C14H16ClN5O3S2. The molecule has 11 heteroatoms. The van der Waals surface area contributed by atoms with E-state index in [9.17, 15) is 13.2 Å². The predicted molar refractivity (Wildman–Crippen MR) is 94.7 cm³/mol. The van der Waals surface area contributed by atoms with E-state index in [0.717, 1.165) is 5.69 Å². The number of halogens is 1. The first-order valence-corrected chi connectivity index (χ1v) is 10.7. The van der Waals surface area contributed by atoms with E-state index in [2.05, 4.69) is 15.5 Å². The van der Waals surface area contributed by atoms with Crippen molar-refractivity contribution in [3.63, 3.8) is 0 Å². The molecule has 1 aromatic carbocycles. The summed E-state index contributed by atoms with van der Waals surface area (Å²) in [5, 5.41) is 12.6. The topological polar surface area (TPSA) is 98.1 Å². The SMILES string of the molecule is CN(C(=O)CSc1nnnn1-c1ccc(Cl)cc1)C1CCS(=O)(=O)C1. The summed E-state index contributed by atoms with van der Waals surface area (Å²) < 4.78 is 24.6. The van der Waals surface area contributed by atoms with Crippen LogP contribution in [0.5, 0.6) is 0 Å². The fourth-order valence-electron chi connectivity index (χ4n) is 2.53. The minimum atomic E-state index is -3.03. The van der Waals surface area contributed by atoms with Gasteiger partial charge in [0.1, 0.15) is 0 Å². The van der Waals surface area contributed by atoms with Gasteiger partial charge in [0.15, 0.2) is 9.84 Å². The lowest BCUT2D eigenvalue weighted by Gasteiger charge is -2.23. The average molecular weight is 402 g/mol. The first kappa shape index (κ1) is 18.2. The van der Waals surface area contributed by atoms with E-state index in [1.165, 1.54) is 21.3 Å². The van der Waals surface area contributed by atoms with Crippen LogP contribution in [0.25, 0.3) is 5.69 Å². The second kappa shape index (κ2) is 7.30. The molecule has 2 aromatic rings. The monoisotopic (exact) mass is 401 g/mol. The Hall–Kier alpha value is -1.65. The Balaban J connectivity index is 1.63. The molecule has 3 rings (SSSR count). The number of hydrogen-bond acceptors (Lipinski definition) is 7. The van der Waals surface area contributed by atoms with Crippen molar-refractivity contribution in [3.8, 4) is 5.69 Å². The van der Waals surface area contributed by atoms with Gasteiger partial charge in [0.2, 0.25) is 11.1 Å². The minimum absolute atomic E-state index is 0.0302. The van der Waals surface area contributed by atoms with Crippen LogP contribution in [0, 0.1) is 0 Å². The molecule has 0 saturated carbocycles. The van der Waals surface area contributed by atoms with Crippen LogP contribution >= 0.6 is 23.4 Å². The van der Waals surface area contributed by atoms with Crippen molar-refractivity contribution in [2.24, 2.45) is 0 Å². The van der Waals surface area contributed by atoms with Gasteiger partial charge in [0.05, 0.1) is 22.9 Å². The largest absolute Gasteiger partial charge is 0.341 e. The second-order valence-corrected chi connectivity index (χ2v) is 9.31. The van der Waals surface area contributed by atoms with Crippen molar-refractivity contribution >= 4 is 39.1 Å². The molecule has 1 saturated heterocycles. The number of sulfone groups is 1. The fraction of sp³-hybridized carbons (Fsp3) is 0.429. The first-order valence-electron chi connectivity index (χ1n) is 7.49. The number of hydrogen-bond donors (Lipinski definition) is 0. The number of tetrazole rings is 1. The van der Waals surface area contributed by atoms with Crippen molar-refractivity contribution in [1.82, 2.24) is 25.1 Å². The standard InChI is InChI=1S/C14H16ClN5O3S2/c1-19(12-6-7-25(22,23)9-12)13(21)8-24-14-16-17-18-20(14)11-4-2-10(15)3-5-11/h2-5,12H,6-9H2,1H3. The maximum absolute atomic E-state index is 12.3. The molecule has 1 aliphatic rings. The number of carbonyl (C=O) groups excluding carboxylic acids is 1. The van der Waals surface area contributed by atoms with Gasteiger partial charge in [0.25, 0.3) is 0 Å². The molecule has 25 heavy (non-hydrogen) atoms. The highest BCUT2D eigenvalue weighted by molar-refractivity contribution is 7.99. The number of carbonyl (C=O) groups is 1. The first-order chi connectivity index (χ1) is 11.9. The van der Waals surface area contributed by atoms with E-state index in [0.29, 0.717) is 16.6 Å². The summed E-state index contributed by atoms with van der Waals surface area (Å²) in [5.74, 6) is 0.137. The van der Waals surface area contributed by atoms with Crippen molar-refractivity contribution in [3.05, 3.63) is 29.3 Å². The van der Waals surface area contributed by atoms with E-state index in [4.69, 9.17) is 11.6 Å². The second-order valence-electron chi connectivity index (χ2n) is 5.70. The molecule has 1 amide bonds.